The summed E-state index contributed by atoms with van der Waals surface area (Å²) in [6, 6.07) is 12.1. The molecular formula is C17H17ClN2O4S. The number of nitrogens with one attached hydrogen (secondary N) is 1. The van der Waals surface area contributed by atoms with Crippen LogP contribution in [0.25, 0.3) is 0 Å². The number of carbonyl (C=O) groups is 2. The number of anilines is 1. The predicted octanol–water partition coefficient (Wildman–Crippen LogP) is 2.80. The third kappa shape index (κ3) is 4.88. The first-order chi connectivity index (χ1) is 11.7. The van der Waals surface area contributed by atoms with Crippen molar-refractivity contribution in [3.63, 3.8) is 0 Å². The number of nitrogens with zero attached hydrogens (tertiary/aromatic N) is 1. The second-order valence-electron chi connectivity index (χ2n) is 5.40. The number of likely N-dealkylation sites (N-methyl/N-ethyl adjacent to an activating group) is 1. The van der Waals surface area contributed by atoms with Gasteiger partial charge in [-0.2, -0.15) is 4.31 Å². The van der Waals surface area contributed by atoms with Crippen molar-refractivity contribution in [1.29, 1.82) is 0 Å². The normalized spacial score (nSPS) is 11.4. The van der Waals surface area contributed by atoms with Crippen LogP contribution in [0.4, 0.5) is 5.69 Å². The molecule has 132 valence electrons. The Morgan fingerprint density at radius 2 is 1.60 bits per heavy atom. The smallest absolute Gasteiger partial charge is 0.243 e. The zero-order valence-electron chi connectivity index (χ0n) is 13.7. The summed E-state index contributed by atoms with van der Waals surface area (Å²) in [5, 5.41) is 3.13. The fourth-order valence-corrected chi connectivity index (χ4v) is 3.32. The zero-order valence-corrected chi connectivity index (χ0v) is 15.3. The second kappa shape index (κ2) is 7.77. The summed E-state index contributed by atoms with van der Waals surface area (Å²) in [5.74, 6) is -0.631. The minimum atomic E-state index is -3.84. The van der Waals surface area contributed by atoms with Crippen LogP contribution in [0.5, 0.6) is 0 Å². The van der Waals surface area contributed by atoms with Crippen molar-refractivity contribution in [2.45, 2.75) is 11.8 Å². The lowest BCUT2D eigenvalue weighted by atomic mass is 10.2. The average Bonchev–Trinajstić information content (AvgIpc) is 2.57. The van der Waals surface area contributed by atoms with E-state index in [0.717, 1.165) is 4.31 Å². The maximum Gasteiger partial charge on any atom is 0.243 e. The number of ketones is 1. The van der Waals surface area contributed by atoms with Crippen LogP contribution in [0, 0.1) is 0 Å². The Kier molecular flexibility index (Phi) is 5.94. The number of benzene rings is 2. The molecule has 0 aliphatic carbocycles. The molecule has 0 aliphatic heterocycles. The van der Waals surface area contributed by atoms with Gasteiger partial charge in [0.2, 0.25) is 15.9 Å². The van der Waals surface area contributed by atoms with E-state index in [1.807, 2.05) is 0 Å². The third-order valence-electron chi connectivity index (χ3n) is 3.46. The molecular weight excluding hydrogens is 364 g/mol. The van der Waals surface area contributed by atoms with E-state index in [0.29, 0.717) is 16.3 Å². The molecule has 25 heavy (non-hydrogen) atoms. The van der Waals surface area contributed by atoms with Gasteiger partial charge in [-0.15, -0.1) is 0 Å². The third-order valence-corrected chi connectivity index (χ3v) is 5.53. The van der Waals surface area contributed by atoms with Crippen LogP contribution >= 0.6 is 11.6 Å². The van der Waals surface area contributed by atoms with Crippen molar-refractivity contribution in [2.75, 3.05) is 18.9 Å². The van der Waals surface area contributed by atoms with Crippen molar-refractivity contribution in [1.82, 2.24) is 4.31 Å². The van der Waals surface area contributed by atoms with Crippen molar-refractivity contribution in [2.24, 2.45) is 0 Å². The Morgan fingerprint density at radius 3 is 2.12 bits per heavy atom. The Labute approximate surface area is 151 Å². The van der Waals surface area contributed by atoms with Gasteiger partial charge < -0.3 is 5.32 Å². The molecule has 1 N–H and O–H groups in total. The van der Waals surface area contributed by atoms with Crippen molar-refractivity contribution < 1.29 is 18.0 Å². The van der Waals surface area contributed by atoms with E-state index >= 15 is 0 Å². The average molecular weight is 381 g/mol. The lowest BCUT2D eigenvalue weighted by molar-refractivity contribution is -0.116. The topological polar surface area (TPSA) is 83.6 Å². The zero-order chi connectivity index (χ0) is 18.6. The fraction of sp³-hybridized carbons (Fsp3) is 0.176. The molecule has 0 bridgehead atoms. The molecule has 8 heteroatoms. The molecule has 6 nitrogen and oxygen atoms in total. The minimum Gasteiger partial charge on any atom is -0.325 e. The van der Waals surface area contributed by atoms with Crippen molar-refractivity contribution in [3.05, 3.63) is 59.1 Å². The summed E-state index contributed by atoms with van der Waals surface area (Å²) in [5.41, 5.74) is 0.938. The summed E-state index contributed by atoms with van der Waals surface area (Å²) < 4.78 is 25.9. The van der Waals surface area contributed by atoms with Gasteiger partial charge in [0, 0.05) is 23.3 Å². The van der Waals surface area contributed by atoms with Crippen LogP contribution in [-0.2, 0) is 14.8 Å². The predicted molar refractivity (Wildman–Crippen MR) is 96.3 cm³/mol. The lowest BCUT2D eigenvalue weighted by Crippen LogP contribution is -2.34. The first-order valence-electron chi connectivity index (χ1n) is 7.33. The Bertz CT molecular complexity index is 878. The van der Waals surface area contributed by atoms with Crippen molar-refractivity contribution in [3.8, 4) is 0 Å². The van der Waals surface area contributed by atoms with E-state index in [4.69, 9.17) is 11.6 Å². The van der Waals surface area contributed by atoms with E-state index in [1.54, 1.807) is 24.3 Å². The van der Waals surface area contributed by atoms with Crippen LogP contribution in [0.3, 0.4) is 0 Å². The summed E-state index contributed by atoms with van der Waals surface area (Å²) in [4.78, 5) is 23.3. The summed E-state index contributed by atoms with van der Waals surface area (Å²) in [6.45, 7) is 1.05. The molecule has 0 unspecified atom stereocenters. The molecule has 1 amide bonds. The molecule has 0 fully saturated rings. The number of hydrogen-bond donors (Lipinski definition) is 1. The summed E-state index contributed by atoms with van der Waals surface area (Å²) in [6.07, 6.45) is 0. The fourth-order valence-electron chi connectivity index (χ4n) is 2.06. The molecule has 0 saturated carbocycles. The van der Waals surface area contributed by atoms with Gasteiger partial charge in [0.15, 0.2) is 5.78 Å². The highest BCUT2D eigenvalue weighted by molar-refractivity contribution is 7.89. The quantitative estimate of drug-likeness (QED) is 0.781. The molecule has 2 aromatic carbocycles. The minimum absolute atomic E-state index is 0.0132. The van der Waals surface area contributed by atoms with Gasteiger partial charge in [-0.25, -0.2) is 8.42 Å². The van der Waals surface area contributed by atoms with Gasteiger partial charge in [-0.1, -0.05) is 23.7 Å². The molecule has 0 aromatic heterocycles. The maximum absolute atomic E-state index is 12.5. The van der Waals surface area contributed by atoms with Gasteiger partial charge >= 0.3 is 0 Å². The van der Waals surface area contributed by atoms with E-state index in [2.05, 4.69) is 5.32 Å². The Balaban J connectivity index is 2.07. The number of amides is 1. The van der Waals surface area contributed by atoms with Gasteiger partial charge in [0.05, 0.1) is 11.4 Å². The molecule has 0 heterocycles. The van der Waals surface area contributed by atoms with E-state index in [-0.39, 0.29) is 17.2 Å². The molecule has 0 spiro atoms. The highest BCUT2D eigenvalue weighted by Crippen LogP contribution is 2.16. The highest BCUT2D eigenvalue weighted by Gasteiger charge is 2.23. The molecule has 0 saturated heterocycles. The molecule has 0 radical (unpaired) electrons. The second-order valence-corrected chi connectivity index (χ2v) is 7.88. The highest BCUT2D eigenvalue weighted by atomic mass is 35.5. The number of carbonyl (C=O) groups excluding carboxylic acids is 2. The van der Waals surface area contributed by atoms with Gasteiger partial charge in [0.25, 0.3) is 0 Å². The van der Waals surface area contributed by atoms with Gasteiger partial charge in [-0.3, -0.25) is 9.59 Å². The SMILES string of the molecule is CC(=O)c1ccc(S(=O)(=O)N(C)CC(=O)Nc2ccc(Cl)cc2)cc1. The van der Waals surface area contributed by atoms with Crippen LogP contribution in [0.2, 0.25) is 5.02 Å². The van der Waals surface area contributed by atoms with Gasteiger partial charge in [0.1, 0.15) is 0 Å². The number of rotatable bonds is 6. The summed E-state index contributed by atoms with van der Waals surface area (Å²) >= 11 is 5.77. The molecule has 0 atom stereocenters. The van der Waals surface area contributed by atoms with E-state index in [9.17, 15) is 18.0 Å². The molecule has 0 aliphatic rings. The number of halogens is 1. The van der Waals surface area contributed by atoms with Gasteiger partial charge in [-0.05, 0) is 43.3 Å². The summed E-state index contributed by atoms with van der Waals surface area (Å²) in [7, 11) is -2.52. The number of hydrogen-bond acceptors (Lipinski definition) is 4. The Morgan fingerprint density at radius 1 is 1.04 bits per heavy atom. The maximum atomic E-state index is 12.5. The van der Waals surface area contributed by atoms with Crippen LogP contribution in [-0.4, -0.2) is 38.0 Å². The Hall–Kier alpha value is -2.22. The van der Waals surface area contributed by atoms with Crippen LogP contribution in [0.1, 0.15) is 17.3 Å². The van der Waals surface area contributed by atoms with Crippen LogP contribution in [0.15, 0.2) is 53.4 Å². The number of Topliss-reactive ketones (excluding diaryl/α,β-unsaturated/α-hetero) is 1. The molecule has 2 aromatic rings. The standard InChI is InChI=1S/C17H17ClN2O4S/c1-12(21)13-3-9-16(10-4-13)25(23,24)20(2)11-17(22)19-15-7-5-14(18)6-8-15/h3-10H,11H2,1-2H3,(H,19,22). The first-order valence-corrected chi connectivity index (χ1v) is 9.15. The molecule has 2 rings (SSSR count). The monoisotopic (exact) mass is 380 g/mol. The number of sulfonamides is 1. The van der Waals surface area contributed by atoms with E-state index < -0.39 is 15.9 Å². The lowest BCUT2D eigenvalue weighted by Gasteiger charge is -2.17. The van der Waals surface area contributed by atoms with E-state index in [1.165, 1.54) is 38.2 Å². The largest absolute Gasteiger partial charge is 0.325 e. The van der Waals surface area contributed by atoms with Crippen LogP contribution < -0.4 is 5.32 Å². The van der Waals surface area contributed by atoms with Crippen molar-refractivity contribution >= 4 is 39.0 Å². The first kappa shape index (κ1) is 19.1.